The van der Waals surface area contributed by atoms with Gasteiger partial charge in [-0.25, -0.2) is 9.78 Å². The average Bonchev–Trinajstić information content (AvgIpc) is 3.30. The SMILES string of the molecule is O=C(O)c1cccc2nc(NCCOCC3CC3)ccc12. The molecule has 0 spiro atoms. The highest BCUT2D eigenvalue weighted by Gasteiger charge is 2.20. The summed E-state index contributed by atoms with van der Waals surface area (Å²) in [5.41, 5.74) is 0.957. The lowest BCUT2D eigenvalue weighted by Crippen LogP contribution is -2.11. The second-order valence-electron chi connectivity index (χ2n) is 5.32. The van der Waals surface area contributed by atoms with E-state index in [-0.39, 0.29) is 5.56 Å². The Kier molecular flexibility index (Phi) is 4.01. The van der Waals surface area contributed by atoms with Crippen LogP contribution >= 0.6 is 0 Å². The van der Waals surface area contributed by atoms with Crippen molar-refractivity contribution in [1.29, 1.82) is 0 Å². The van der Waals surface area contributed by atoms with Crippen molar-refractivity contribution >= 4 is 22.7 Å². The number of carboxylic acids is 1. The van der Waals surface area contributed by atoms with Crippen molar-refractivity contribution in [1.82, 2.24) is 4.98 Å². The van der Waals surface area contributed by atoms with Crippen LogP contribution in [0.25, 0.3) is 10.9 Å². The third-order valence-corrected chi connectivity index (χ3v) is 3.57. The Morgan fingerprint density at radius 1 is 1.33 bits per heavy atom. The maximum absolute atomic E-state index is 11.1. The summed E-state index contributed by atoms with van der Waals surface area (Å²) in [6, 6.07) is 8.71. The largest absolute Gasteiger partial charge is 0.478 e. The van der Waals surface area contributed by atoms with E-state index in [1.807, 2.05) is 6.07 Å². The van der Waals surface area contributed by atoms with Crippen molar-refractivity contribution in [3.05, 3.63) is 35.9 Å². The van der Waals surface area contributed by atoms with Gasteiger partial charge in [0.25, 0.3) is 0 Å². The minimum atomic E-state index is -0.934. The molecule has 1 aromatic heterocycles. The van der Waals surface area contributed by atoms with Gasteiger partial charge >= 0.3 is 5.97 Å². The van der Waals surface area contributed by atoms with Crippen molar-refractivity contribution in [3.63, 3.8) is 0 Å². The summed E-state index contributed by atoms with van der Waals surface area (Å²) in [6.07, 6.45) is 2.59. The fourth-order valence-electron chi connectivity index (χ4n) is 2.23. The first-order valence-corrected chi connectivity index (χ1v) is 7.19. The van der Waals surface area contributed by atoms with Crippen LogP contribution < -0.4 is 5.32 Å². The average molecular weight is 286 g/mol. The third kappa shape index (κ3) is 3.49. The summed E-state index contributed by atoms with van der Waals surface area (Å²) < 4.78 is 5.55. The molecule has 0 radical (unpaired) electrons. The minimum Gasteiger partial charge on any atom is -0.478 e. The Hall–Kier alpha value is -2.14. The van der Waals surface area contributed by atoms with Crippen LogP contribution in [0.5, 0.6) is 0 Å². The Bertz CT molecular complexity index is 653. The van der Waals surface area contributed by atoms with Gasteiger partial charge in [0.2, 0.25) is 0 Å². The Morgan fingerprint density at radius 2 is 2.19 bits per heavy atom. The van der Waals surface area contributed by atoms with Gasteiger partial charge in [0, 0.05) is 18.5 Å². The van der Waals surface area contributed by atoms with E-state index in [9.17, 15) is 4.79 Å². The van der Waals surface area contributed by atoms with Crippen molar-refractivity contribution < 1.29 is 14.6 Å². The molecule has 1 saturated carbocycles. The highest BCUT2D eigenvalue weighted by molar-refractivity contribution is 6.02. The molecule has 1 aliphatic rings. The molecule has 2 aromatic rings. The summed E-state index contributed by atoms with van der Waals surface area (Å²) in [5.74, 6) is 0.579. The van der Waals surface area contributed by atoms with Gasteiger partial charge in [0.1, 0.15) is 5.82 Å². The van der Waals surface area contributed by atoms with E-state index in [2.05, 4.69) is 10.3 Å². The molecule has 3 rings (SSSR count). The van der Waals surface area contributed by atoms with Crippen LogP contribution in [0.2, 0.25) is 0 Å². The lowest BCUT2D eigenvalue weighted by Gasteiger charge is -2.08. The number of rotatable bonds is 7. The molecule has 0 aliphatic heterocycles. The van der Waals surface area contributed by atoms with E-state index in [0.717, 1.165) is 18.3 Å². The number of nitrogens with zero attached hydrogens (tertiary/aromatic N) is 1. The van der Waals surface area contributed by atoms with Crippen LogP contribution in [0.1, 0.15) is 23.2 Å². The van der Waals surface area contributed by atoms with Crippen molar-refractivity contribution in [3.8, 4) is 0 Å². The van der Waals surface area contributed by atoms with E-state index in [1.54, 1.807) is 24.3 Å². The molecule has 21 heavy (non-hydrogen) atoms. The first-order chi connectivity index (χ1) is 10.2. The van der Waals surface area contributed by atoms with Crippen LogP contribution in [0, 0.1) is 5.92 Å². The third-order valence-electron chi connectivity index (χ3n) is 3.57. The number of hydrogen-bond donors (Lipinski definition) is 2. The van der Waals surface area contributed by atoms with Gasteiger partial charge in [-0.3, -0.25) is 0 Å². The zero-order valence-corrected chi connectivity index (χ0v) is 11.7. The second-order valence-corrected chi connectivity index (χ2v) is 5.32. The van der Waals surface area contributed by atoms with E-state index >= 15 is 0 Å². The molecule has 2 N–H and O–H groups in total. The summed E-state index contributed by atoms with van der Waals surface area (Å²) in [7, 11) is 0. The molecule has 1 aromatic carbocycles. The van der Waals surface area contributed by atoms with E-state index < -0.39 is 5.97 Å². The molecule has 5 heteroatoms. The van der Waals surface area contributed by atoms with E-state index in [1.165, 1.54) is 12.8 Å². The normalized spacial score (nSPS) is 14.3. The van der Waals surface area contributed by atoms with Crippen molar-refractivity contribution in [2.45, 2.75) is 12.8 Å². The lowest BCUT2D eigenvalue weighted by molar-refractivity contribution is 0.0699. The summed E-state index contributed by atoms with van der Waals surface area (Å²) in [5, 5.41) is 13.0. The molecular weight excluding hydrogens is 268 g/mol. The number of hydrogen-bond acceptors (Lipinski definition) is 4. The number of anilines is 1. The molecule has 0 unspecified atom stereocenters. The summed E-state index contributed by atoms with van der Waals surface area (Å²) in [6.45, 7) is 2.21. The van der Waals surface area contributed by atoms with Gasteiger partial charge in [-0.1, -0.05) is 6.07 Å². The highest BCUT2D eigenvalue weighted by atomic mass is 16.5. The van der Waals surface area contributed by atoms with Gasteiger partial charge in [-0.2, -0.15) is 0 Å². The summed E-state index contributed by atoms with van der Waals surface area (Å²) in [4.78, 5) is 15.6. The maximum Gasteiger partial charge on any atom is 0.336 e. The Balaban J connectivity index is 1.62. The highest BCUT2D eigenvalue weighted by Crippen LogP contribution is 2.28. The first-order valence-electron chi connectivity index (χ1n) is 7.19. The number of nitrogens with one attached hydrogen (secondary N) is 1. The fourth-order valence-corrected chi connectivity index (χ4v) is 2.23. The molecule has 1 aliphatic carbocycles. The van der Waals surface area contributed by atoms with Gasteiger partial charge in [0.15, 0.2) is 0 Å². The van der Waals surface area contributed by atoms with E-state index in [4.69, 9.17) is 9.84 Å². The van der Waals surface area contributed by atoms with Crippen molar-refractivity contribution in [2.75, 3.05) is 25.1 Å². The van der Waals surface area contributed by atoms with Crippen LogP contribution in [0.4, 0.5) is 5.82 Å². The number of fused-ring (bicyclic) bond motifs is 1. The van der Waals surface area contributed by atoms with Crippen LogP contribution in [-0.4, -0.2) is 35.8 Å². The van der Waals surface area contributed by atoms with Gasteiger partial charge in [0.05, 0.1) is 17.7 Å². The maximum atomic E-state index is 11.1. The molecule has 0 amide bonds. The van der Waals surface area contributed by atoms with Crippen molar-refractivity contribution in [2.24, 2.45) is 5.92 Å². The van der Waals surface area contributed by atoms with Gasteiger partial charge in [-0.15, -0.1) is 0 Å². The monoisotopic (exact) mass is 286 g/mol. The zero-order valence-electron chi connectivity index (χ0n) is 11.7. The molecule has 5 nitrogen and oxygen atoms in total. The van der Waals surface area contributed by atoms with Gasteiger partial charge < -0.3 is 15.2 Å². The van der Waals surface area contributed by atoms with Crippen LogP contribution in [0.15, 0.2) is 30.3 Å². The number of pyridine rings is 1. The molecule has 1 heterocycles. The smallest absolute Gasteiger partial charge is 0.336 e. The number of aromatic nitrogens is 1. The minimum absolute atomic E-state index is 0.277. The quantitative estimate of drug-likeness (QED) is 0.766. The van der Waals surface area contributed by atoms with Crippen LogP contribution in [-0.2, 0) is 4.74 Å². The Morgan fingerprint density at radius 3 is 2.95 bits per heavy atom. The predicted molar refractivity (Wildman–Crippen MR) is 80.7 cm³/mol. The molecular formula is C16H18N2O3. The number of carboxylic acid groups (broad SMARTS) is 1. The second kappa shape index (κ2) is 6.10. The first kappa shape index (κ1) is 13.8. The van der Waals surface area contributed by atoms with E-state index in [0.29, 0.717) is 24.1 Å². The van der Waals surface area contributed by atoms with Crippen LogP contribution in [0.3, 0.4) is 0 Å². The number of ether oxygens (including phenoxy) is 1. The zero-order chi connectivity index (χ0) is 14.7. The molecule has 110 valence electrons. The van der Waals surface area contributed by atoms with Gasteiger partial charge in [-0.05, 0) is 43.0 Å². The fraction of sp³-hybridized carbons (Fsp3) is 0.375. The molecule has 0 atom stereocenters. The predicted octanol–water partition coefficient (Wildman–Crippen LogP) is 2.77. The number of benzene rings is 1. The summed E-state index contributed by atoms with van der Waals surface area (Å²) >= 11 is 0. The number of carbonyl (C=O) groups is 1. The lowest BCUT2D eigenvalue weighted by atomic mass is 10.1. The molecule has 0 bridgehead atoms. The Labute approximate surface area is 123 Å². The number of aromatic carboxylic acids is 1. The standard InChI is InChI=1S/C16H18N2O3/c19-16(20)13-2-1-3-14-12(13)6-7-15(18-14)17-8-9-21-10-11-4-5-11/h1-3,6-7,11H,4-5,8-10H2,(H,17,18)(H,19,20). The topological polar surface area (TPSA) is 71.5 Å². The molecule has 0 saturated heterocycles. The molecule has 1 fully saturated rings.